The van der Waals surface area contributed by atoms with Crippen LogP contribution >= 0.6 is 23.6 Å². The van der Waals surface area contributed by atoms with Crippen molar-refractivity contribution in [1.29, 1.82) is 0 Å². The second kappa shape index (κ2) is 4.71. The van der Waals surface area contributed by atoms with Crippen molar-refractivity contribution in [3.63, 3.8) is 0 Å². The SMILES string of the molecule is CCN1C(=O)/C(=C/c2ccc3ncsc3c2)NC1=S. The molecule has 0 saturated carbocycles. The lowest BCUT2D eigenvalue weighted by atomic mass is 10.2. The highest BCUT2D eigenvalue weighted by Gasteiger charge is 2.28. The van der Waals surface area contributed by atoms with Crippen LogP contribution in [0.2, 0.25) is 0 Å². The number of thiazole rings is 1. The first-order chi connectivity index (χ1) is 9.19. The first-order valence-electron chi connectivity index (χ1n) is 5.87. The summed E-state index contributed by atoms with van der Waals surface area (Å²) >= 11 is 6.70. The zero-order valence-electron chi connectivity index (χ0n) is 10.2. The molecule has 4 nitrogen and oxygen atoms in total. The van der Waals surface area contributed by atoms with E-state index in [1.54, 1.807) is 16.2 Å². The van der Waals surface area contributed by atoms with Gasteiger partial charge in [0.1, 0.15) is 5.70 Å². The second-order valence-corrected chi connectivity index (χ2v) is 5.39. The Morgan fingerprint density at radius 2 is 2.37 bits per heavy atom. The fraction of sp³-hybridized carbons (Fsp3) is 0.154. The largest absolute Gasteiger partial charge is 0.328 e. The molecule has 0 radical (unpaired) electrons. The van der Waals surface area contributed by atoms with Crippen LogP contribution in [0.5, 0.6) is 0 Å². The summed E-state index contributed by atoms with van der Waals surface area (Å²) in [5.41, 5.74) is 4.28. The van der Waals surface area contributed by atoms with Gasteiger partial charge in [-0.1, -0.05) is 6.07 Å². The highest BCUT2D eigenvalue weighted by molar-refractivity contribution is 7.80. The number of nitrogens with one attached hydrogen (secondary N) is 1. The molecule has 3 rings (SSSR count). The Hall–Kier alpha value is -1.79. The molecular weight excluding hydrogens is 278 g/mol. The van der Waals surface area contributed by atoms with E-state index < -0.39 is 0 Å². The summed E-state index contributed by atoms with van der Waals surface area (Å²) in [6, 6.07) is 5.92. The molecule has 0 atom stereocenters. The minimum absolute atomic E-state index is 0.0723. The molecule has 6 heteroatoms. The maximum Gasteiger partial charge on any atom is 0.276 e. The molecule has 0 unspecified atom stereocenters. The van der Waals surface area contributed by atoms with Crippen LogP contribution in [0, 0.1) is 0 Å². The van der Waals surface area contributed by atoms with Crippen LogP contribution in [-0.2, 0) is 4.79 Å². The van der Waals surface area contributed by atoms with Gasteiger partial charge in [0.25, 0.3) is 5.91 Å². The van der Waals surface area contributed by atoms with E-state index in [4.69, 9.17) is 12.2 Å². The highest BCUT2D eigenvalue weighted by atomic mass is 32.1. The molecule has 0 aliphatic carbocycles. The van der Waals surface area contributed by atoms with Crippen molar-refractivity contribution in [2.45, 2.75) is 6.92 Å². The van der Waals surface area contributed by atoms with Crippen LogP contribution in [-0.4, -0.2) is 27.4 Å². The maximum atomic E-state index is 12.1. The van der Waals surface area contributed by atoms with Gasteiger partial charge in [-0.2, -0.15) is 0 Å². The Bertz CT molecular complexity index is 705. The van der Waals surface area contributed by atoms with Crippen molar-refractivity contribution in [2.24, 2.45) is 0 Å². The van der Waals surface area contributed by atoms with Gasteiger partial charge in [-0.25, -0.2) is 4.98 Å². The molecule has 1 aromatic carbocycles. The van der Waals surface area contributed by atoms with Gasteiger partial charge in [0.15, 0.2) is 5.11 Å². The normalized spacial score (nSPS) is 17.5. The number of likely N-dealkylation sites (N-methyl/N-ethyl adjacent to an activating group) is 1. The monoisotopic (exact) mass is 289 g/mol. The average molecular weight is 289 g/mol. The number of carbonyl (C=O) groups is 1. The van der Waals surface area contributed by atoms with E-state index in [1.807, 2.05) is 36.7 Å². The lowest BCUT2D eigenvalue weighted by Crippen LogP contribution is -2.30. The van der Waals surface area contributed by atoms with E-state index in [0.717, 1.165) is 15.8 Å². The van der Waals surface area contributed by atoms with E-state index in [9.17, 15) is 4.79 Å². The van der Waals surface area contributed by atoms with Crippen molar-refractivity contribution in [1.82, 2.24) is 15.2 Å². The zero-order chi connectivity index (χ0) is 13.4. The third-order valence-corrected chi connectivity index (χ3v) is 4.06. The Balaban J connectivity index is 1.97. The standard InChI is InChI=1S/C13H11N3OS2/c1-2-16-12(17)10(15-13(16)18)5-8-3-4-9-11(6-8)19-7-14-9/h3-7H,2H2,1H3,(H,15,18)/b10-5-. The molecule has 0 bridgehead atoms. The topological polar surface area (TPSA) is 45.2 Å². The van der Waals surface area contributed by atoms with Gasteiger partial charge in [-0.3, -0.25) is 9.69 Å². The molecule has 0 spiro atoms. The number of hydrogen-bond acceptors (Lipinski definition) is 4. The summed E-state index contributed by atoms with van der Waals surface area (Å²) in [7, 11) is 0. The lowest BCUT2D eigenvalue weighted by Gasteiger charge is -2.08. The molecule has 1 N–H and O–H groups in total. The molecule has 96 valence electrons. The number of carbonyl (C=O) groups excluding carboxylic acids is 1. The predicted molar refractivity (Wildman–Crippen MR) is 80.7 cm³/mol. The fourth-order valence-electron chi connectivity index (χ4n) is 1.99. The number of thiocarbonyl (C=S) groups is 1. The van der Waals surface area contributed by atoms with Gasteiger partial charge >= 0.3 is 0 Å². The van der Waals surface area contributed by atoms with Gasteiger partial charge in [0, 0.05) is 6.54 Å². The van der Waals surface area contributed by atoms with Crippen LogP contribution in [0.15, 0.2) is 29.4 Å². The smallest absolute Gasteiger partial charge is 0.276 e. The molecule has 1 aromatic heterocycles. The summed E-state index contributed by atoms with van der Waals surface area (Å²) < 4.78 is 1.11. The summed E-state index contributed by atoms with van der Waals surface area (Å²) in [5.74, 6) is -0.0723. The molecule has 2 aromatic rings. The number of amides is 1. The Labute approximate surface area is 119 Å². The van der Waals surface area contributed by atoms with Crippen LogP contribution in [0.4, 0.5) is 0 Å². The van der Waals surface area contributed by atoms with Gasteiger partial charge in [0.05, 0.1) is 15.7 Å². The second-order valence-electron chi connectivity index (χ2n) is 4.12. The minimum Gasteiger partial charge on any atom is -0.328 e. The van der Waals surface area contributed by atoms with Crippen molar-refractivity contribution in [3.05, 3.63) is 35.0 Å². The number of aromatic nitrogens is 1. The van der Waals surface area contributed by atoms with Gasteiger partial charge < -0.3 is 5.32 Å². The zero-order valence-corrected chi connectivity index (χ0v) is 11.8. The van der Waals surface area contributed by atoms with Crippen LogP contribution in [0.25, 0.3) is 16.3 Å². The molecule has 1 amide bonds. The quantitative estimate of drug-likeness (QED) is 0.681. The van der Waals surface area contributed by atoms with Crippen LogP contribution in [0.3, 0.4) is 0 Å². The first kappa shape index (κ1) is 12.3. The van der Waals surface area contributed by atoms with E-state index in [2.05, 4.69) is 10.3 Å². The summed E-state index contributed by atoms with van der Waals surface area (Å²) in [4.78, 5) is 17.8. The molecule has 1 saturated heterocycles. The first-order valence-corrected chi connectivity index (χ1v) is 7.15. The van der Waals surface area contributed by atoms with Crippen molar-refractivity contribution < 1.29 is 4.79 Å². The molecular formula is C13H11N3OS2. The van der Waals surface area contributed by atoms with E-state index in [0.29, 0.717) is 17.4 Å². The number of benzene rings is 1. The molecule has 1 fully saturated rings. The Morgan fingerprint density at radius 1 is 1.53 bits per heavy atom. The van der Waals surface area contributed by atoms with Crippen molar-refractivity contribution >= 4 is 50.9 Å². The fourth-order valence-corrected chi connectivity index (χ4v) is 3.03. The van der Waals surface area contributed by atoms with Gasteiger partial charge in [0.2, 0.25) is 0 Å². The van der Waals surface area contributed by atoms with Crippen molar-refractivity contribution in [3.8, 4) is 0 Å². The van der Waals surface area contributed by atoms with Gasteiger partial charge in [-0.05, 0) is 42.9 Å². The van der Waals surface area contributed by atoms with E-state index in [1.165, 1.54) is 0 Å². The van der Waals surface area contributed by atoms with Crippen LogP contribution in [0.1, 0.15) is 12.5 Å². The predicted octanol–water partition coefficient (Wildman–Crippen LogP) is 2.37. The minimum atomic E-state index is -0.0723. The maximum absolute atomic E-state index is 12.1. The third-order valence-electron chi connectivity index (χ3n) is 2.94. The molecule has 1 aliphatic heterocycles. The third kappa shape index (κ3) is 2.13. The summed E-state index contributed by atoms with van der Waals surface area (Å²) in [6.07, 6.45) is 1.82. The molecule has 19 heavy (non-hydrogen) atoms. The number of fused-ring (bicyclic) bond motifs is 1. The lowest BCUT2D eigenvalue weighted by molar-refractivity contribution is -0.122. The van der Waals surface area contributed by atoms with Gasteiger partial charge in [-0.15, -0.1) is 11.3 Å². The number of hydrogen-bond donors (Lipinski definition) is 1. The Kier molecular flexibility index (Phi) is 3.04. The van der Waals surface area contributed by atoms with Crippen molar-refractivity contribution in [2.75, 3.05) is 6.54 Å². The molecule has 2 heterocycles. The highest BCUT2D eigenvalue weighted by Crippen LogP contribution is 2.21. The summed E-state index contributed by atoms with van der Waals surface area (Å²) in [5, 5.41) is 3.42. The molecule has 1 aliphatic rings. The van der Waals surface area contributed by atoms with E-state index >= 15 is 0 Å². The Morgan fingerprint density at radius 3 is 3.11 bits per heavy atom. The average Bonchev–Trinajstić information content (AvgIpc) is 2.95. The summed E-state index contributed by atoms with van der Waals surface area (Å²) in [6.45, 7) is 2.48. The van der Waals surface area contributed by atoms with E-state index in [-0.39, 0.29) is 5.91 Å². The number of rotatable bonds is 2. The van der Waals surface area contributed by atoms with Crippen LogP contribution < -0.4 is 5.32 Å². The number of nitrogens with zero attached hydrogens (tertiary/aromatic N) is 2.